The van der Waals surface area contributed by atoms with Crippen LogP contribution in [0, 0.1) is 0 Å². The van der Waals surface area contributed by atoms with Gasteiger partial charge in [0, 0.05) is 13.1 Å². The quantitative estimate of drug-likeness (QED) is 0.180. The predicted molar refractivity (Wildman–Crippen MR) is 144 cm³/mol. The molecule has 0 aromatic heterocycles. The van der Waals surface area contributed by atoms with Crippen molar-refractivity contribution in [3.8, 4) is 0 Å². The maximum Gasteiger partial charge on any atom is 0.243 e. The summed E-state index contributed by atoms with van der Waals surface area (Å²) >= 11 is 0. The van der Waals surface area contributed by atoms with Gasteiger partial charge in [-0.15, -0.1) is 0 Å². The molecule has 1 fully saturated rings. The van der Waals surface area contributed by atoms with Gasteiger partial charge >= 0.3 is 0 Å². The molecule has 1 saturated heterocycles. The lowest BCUT2D eigenvalue weighted by atomic mass is 10.1. The zero-order chi connectivity index (χ0) is 25.6. The number of piperazine rings is 1. The van der Waals surface area contributed by atoms with E-state index in [0.29, 0.717) is 6.54 Å². The molecule has 0 aromatic rings. The summed E-state index contributed by atoms with van der Waals surface area (Å²) in [6, 6.07) is -0.762. The molecule has 1 aliphatic rings. The molecular weight excluding hydrogens is 440 g/mol. The highest BCUT2D eigenvalue weighted by Gasteiger charge is 2.27. The Kier molecular flexibility index (Phi) is 19.4. The smallest absolute Gasteiger partial charge is 0.243 e. The van der Waals surface area contributed by atoms with Crippen molar-refractivity contribution in [1.82, 2.24) is 20.9 Å². The molecule has 0 unspecified atom stereocenters. The summed E-state index contributed by atoms with van der Waals surface area (Å²) < 4.78 is 0. The second kappa shape index (κ2) is 21.6. The largest absolute Gasteiger partial charge is 0.355 e. The third-order valence-electron chi connectivity index (χ3n) is 6.87. The van der Waals surface area contributed by atoms with Crippen molar-refractivity contribution in [3.05, 3.63) is 0 Å². The first-order valence-electron chi connectivity index (χ1n) is 14.6. The fourth-order valence-corrected chi connectivity index (χ4v) is 4.63. The van der Waals surface area contributed by atoms with Gasteiger partial charge in [0.25, 0.3) is 0 Å². The van der Waals surface area contributed by atoms with E-state index >= 15 is 0 Å². The minimum Gasteiger partial charge on any atom is -0.355 e. The molecule has 1 heterocycles. The summed E-state index contributed by atoms with van der Waals surface area (Å²) in [5.41, 5.74) is 0. The van der Waals surface area contributed by atoms with Crippen LogP contribution in [0.2, 0.25) is 0 Å². The van der Waals surface area contributed by atoms with Gasteiger partial charge in [-0.3, -0.25) is 14.4 Å². The molecular formula is C28H54N4O3. The number of carbonyl (C=O) groups is 3. The molecule has 1 aliphatic heterocycles. The number of nitrogens with one attached hydrogen (secondary N) is 3. The lowest BCUT2D eigenvalue weighted by molar-refractivity contribution is -0.135. The normalized spacial score (nSPS) is 15.8. The molecule has 0 aliphatic carbocycles. The van der Waals surface area contributed by atoms with E-state index in [4.69, 9.17) is 0 Å². The maximum atomic E-state index is 12.3. The van der Waals surface area contributed by atoms with Crippen molar-refractivity contribution < 1.29 is 14.4 Å². The zero-order valence-corrected chi connectivity index (χ0v) is 22.8. The van der Waals surface area contributed by atoms with Crippen molar-refractivity contribution in [1.29, 1.82) is 0 Å². The van der Waals surface area contributed by atoms with E-state index in [0.717, 1.165) is 19.6 Å². The van der Waals surface area contributed by atoms with Crippen LogP contribution in [-0.4, -0.2) is 61.4 Å². The summed E-state index contributed by atoms with van der Waals surface area (Å²) in [4.78, 5) is 38.1. The van der Waals surface area contributed by atoms with Crippen LogP contribution in [-0.2, 0) is 14.4 Å². The van der Waals surface area contributed by atoms with Crippen LogP contribution in [0.25, 0.3) is 0 Å². The summed E-state index contributed by atoms with van der Waals surface area (Å²) in [7, 11) is 0. The minimum atomic E-state index is -0.762. The number of rotatable bonds is 23. The number of unbranched alkanes of at least 4 members (excludes halogenated alkanes) is 14. The molecule has 0 bridgehead atoms. The Hall–Kier alpha value is -1.63. The van der Waals surface area contributed by atoms with Crippen LogP contribution in [0.5, 0.6) is 0 Å². The molecule has 0 saturated carbocycles. The number of hydrogen-bond acceptors (Lipinski definition) is 4. The van der Waals surface area contributed by atoms with Gasteiger partial charge in [-0.25, -0.2) is 0 Å². The molecule has 7 heteroatoms. The Labute approximate surface area is 214 Å². The summed E-state index contributed by atoms with van der Waals surface area (Å²) in [6.45, 7) is 8.09. The number of nitrogens with zero attached hydrogens (tertiary/aromatic N) is 1. The molecule has 0 spiro atoms. The molecule has 7 nitrogen and oxygen atoms in total. The summed E-state index contributed by atoms with van der Waals surface area (Å²) in [6.07, 6.45) is 21.1. The average Bonchev–Trinajstić information content (AvgIpc) is 2.84. The fourth-order valence-electron chi connectivity index (χ4n) is 4.63. The Morgan fingerprint density at radius 2 is 1.26 bits per heavy atom. The number of amides is 3. The van der Waals surface area contributed by atoms with Crippen molar-refractivity contribution in [2.24, 2.45) is 0 Å². The van der Waals surface area contributed by atoms with Gasteiger partial charge in [0.05, 0.1) is 13.0 Å². The van der Waals surface area contributed by atoms with Gasteiger partial charge in [-0.2, -0.15) is 0 Å². The van der Waals surface area contributed by atoms with Gasteiger partial charge in [-0.1, -0.05) is 104 Å². The van der Waals surface area contributed by atoms with E-state index in [-0.39, 0.29) is 30.7 Å². The standard InChI is InChI=1S/C28H54N4O3/c1-3-5-7-9-11-13-15-17-20-32(21-18-16-14-12-10-8-6-4-2)22-19-29-26(33)23-25-28(35)30-24-27(34)31-25/h25H,3-24H2,1-2H3,(H,29,33)(H,30,35)(H,31,34)/t25-/m0/s1. The highest BCUT2D eigenvalue weighted by Crippen LogP contribution is 2.11. The minimum absolute atomic E-state index is 0.00631. The van der Waals surface area contributed by atoms with Crippen molar-refractivity contribution in [2.45, 2.75) is 129 Å². The second-order valence-corrected chi connectivity index (χ2v) is 10.2. The van der Waals surface area contributed by atoms with E-state index in [1.807, 2.05) is 0 Å². The monoisotopic (exact) mass is 494 g/mol. The first-order chi connectivity index (χ1) is 17.1. The van der Waals surface area contributed by atoms with Crippen LogP contribution in [0.4, 0.5) is 0 Å². The van der Waals surface area contributed by atoms with Gasteiger partial charge in [-0.05, 0) is 25.9 Å². The molecule has 1 atom stereocenters. The van der Waals surface area contributed by atoms with Crippen LogP contribution in [0.1, 0.15) is 123 Å². The van der Waals surface area contributed by atoms with Crippen molar-refractivity contribution in [3.63, 3.8) is 0 Å². The second-order valence-electron chi connectivity index (χ2n) is 10.2. The zero-order valence-electron chi connectivity index (χ0n) is 22.8. The summed E-state index contributed by atoms with van der Waals surface area (Å²) in [5, 5.41) is 8.05. The van der Waals surface area contributed by atoms with Crippen LogP contribution in [0.3, 0.4) is 0 Å². The van der Waals surface area contributed by atoms with Gasteiger partial charge < -0.3 is 20.9 Å². The first-order valence-corrected chi connectivity index (χ1v) is 14.6. The highest BCUT2D eigenvalue weighted by molar-refractivity contribution is 5.97. The molecule has 3 N–H and O–H groups in total. The van der Waals surface area contributed by atoms with Crippen LogP contribution >= 0.6 is 0 Å². The molecule has 35 heavy (non-hydrogen) atoms. The Bertz CT molecular complexity index is 550. The lowest BCUT2D eigenvalue weighted by Crippen LogP contribution is -2.57. The van der Waals surface area contributed by atoms with Gasteiger partial charge in [0.2, 0.25) is 17.7 Å². The SMILES string of the molecule is CCCCCCCCCCN(CCCCCCCCCC)CCNC(=O)C[C@@H]1NC(=O)CNC1=O. The average molecular weight is 495 g/mol. The Morgan fingerprint density at radius 1 is 0.771 bits per heavy atom. The number of hydrogen-bond donors (Lipinski definition) is 3. The molecule has 0 radical (unpaired) electrons. The van der Waals surface area contributed by atoms with Gasteiger partial charge in [0.15, 0.2) is 0 Å². The van der Waals surface area contributed by atoms with Crippen molar-refractivity contribution >= 4 is 17.7 Å². The highest BCUT2D eigenvalue weighted by atomic mass is 16.2. The van der Waals surface area contributed by atoms with E-state index in [1.165, 1.54) is 103 Å². The molecule has 1 rings (SSSR count). The number of carbonyl (C=O) groups excluding carboxylic acids is 3. The predicted octanol–water partition coefficient (Wildman–Crippen LogP) is 4.69. The summed E-state index contributed by atoms with van der Waals surface area (Å²) in [5.74, 6) is -0.721. The third-order valence-corrected chi connectivity index (χ3v) is 6.87. The lowest BCUT2D eigenvalue weighted by Gasteiger charge is -2.24. The Morgan fingerprint density at radius 3 is 1.77 bits per heavy atom. The Balaban J connectivity index is 2.27. The fraction of sp³-hybridized carbons (Fsp3) is 0.893. The van der Waals surface area contributed by atoms with Crippen LogP contribution in [0.15, 0.2) is 0 Å². The molecule has 3 amide bonds. The first kappa shape index (κ1) is 31.4. The van der Waals surface area contributed by atoms with E-state index in [2.05, 4.69) is 34.7 Å². The molecule has 0 aromatic carbocycles. The molecule has 204 valence electrons. The maximum absolute atomic E-state index is 12.3. The third kappa shape index (κ3) is 17.4. The van der Waals surface area contributed by atoms with E-state index < -0.39 is 6.04 Å². The van der Waals surface area contributed by atoms with Crippen molar-refractivity contribution in [2.75, 3.05) is 32.7 Å². The van der Waals surface area contributed by atoms with Gasteiger partial charge in [0.1, 0.15) is 6.04 Å². The topological polar surface area (TPSA) is 90.5 Å². The van der Waals surface area contributed by atoms with E-state index in [1.54, 1.807) is 0 Å². The van der Waals surface area contributed by atoms with E-state index in [9.17, 15) is 14.4 Å². The van der Waals surface area contributed by atoms with Crippen LogP contribution < -0.4 is 16.0 Å².